The van der Waals surface area contributed by atoms with E-state index in [1.807, 2.05) is 13.8 Å². The van der Waals surface area contributed by atoms with Gasteiger partial charge in [-0.05, 0) is 33.1 Å². The smallest absolute Gasteiger partial charge is 0.228 e. The van der Waals surface area contributed by atoms with Gasteiger partial charge in [-0.15, -0.1) is 0 Å². The number of nitrogens with two attached hydrogens (primary N) is 1. The van der Waals surface area contributed by atoms with Gasteiger partial charge in [0.1, 0.15) is 5.82 Å². The van der Waals surface area contributed by atoms with Crippen molar-refractivity contribution in [2.24, 2.45) is 5.41 Å². The first-order valence-corrected chi connectivity index (χ1v) is 7.83. The van der Waals surface area contributed by atoms with Crippen LogP contribution in [0, 0.1) is 5.41 Å². The normalized spacial score (nSPS) is 24.9. The second-order valence-corrected chi connectivity index (χ2v) is 6.40. The Morgan fingerprint density at radius 2 is 2.23 bits per heavy atom. The number of rotatable bonds is 3. The van der Waals surface area contributed by atoms with Crippen molar-refractivity contribution in [3.8, 4) is 5.88 Å². The maximum absolute atomic E-state index is 12.3. The summed E-state index contributed by atoms with van der Waals surface area (Å²) in [6.45, 7) is 6.14. The van der Waals surface area contributed by atoms with E-state index in [0.29, 0.717) is 12.4 Å². The Kier molecular flexibility index (Phi) is 3.80. The number of carbonyl (C=O) groups excluding carboxylic acids is 1. The minimum Gasteiger partial charge on any atom is -0.475 e. The molecule has 0 radical (unpaired) electrons. The molecule has 2 aliphatic rings. The molecule has 7 nitrogen and oxygen atoms in total. The van der Waals surface area contributed by atoms with E-state index in [9.17, 15) is 4.79 Å². The fourth-order valence-corrected chi connectivity index (χ4v) is 3.28. The van der Waals surface area contributed by atoms with Crippen LogP contribution in [-0.2, 0) is 4.79 Å². The van der Waals surface area contributed by atoms with E-state index < -0.39 is 0 Å². The molecule has 1 amide bonds. The van der Waals surface area contributed by atoms with Gasteiger partial charge in [-0.25, -0.2) is 0 Å². The minimum absolute atomic E-state index is 0.0243. The van der Waals surface area contributed by atoms with Gasteiger partial charge in [0.05, 0.1) is 11.5 Å². The Morgan fingerprint density at radius 3 is 2.95 bits per heavy atom. The number of piperidine rings is 1. The third-order valence-electron chi connectivity index (χ3n) is 4.34. The molecule has 3 N–H and O–H groups in total. The Bertz CT molecular complexity index is 577. The molecule has 120 valence electrons. The van der Waals surface area contributed by atoms with E-state index in [1.54, 1.807) is 6.07 Å². The molecule has 0 aliphatic carbocycles. The van der Waals surface area contributed by atoms with E-state index in [2.05, 4.69) is 20.2 Å². The van der Waals surface area contributed by atoms with E-state index in [1.165, 1.54) is 0 Å². The molecule has 2 saturated heterocycles. The zero-order chi connectivity index (χ0) is 15.7. The summed E-state index contributed by atoms with van der Waals surface area (Å²) in [7, 11) is 0. The molecule has 1 atom stereocenters. The number of ether oxygens (including phenoxy) is 1. The summed E-state index contributed by atoms with van der Waals surface area (Å²) in [5.74, 6) is 1.58. The van der Waals surface area contributed by atoms with Crippen molar-refractivity contribution in [2.45, 2.75) is 39.2 Å². The molecule has 3 heterocycles. The number of anilines is 2. The van der Waals surface area contributed by atoms with Crippen molar-refractivity contribution in [1.82, 2.24) is 15.3 Å². The van der Waals surface area contributed by atoms with Crippen molar-refractivity contribution in [3.63, 3.8) is 0 Å². The van der Waals surface area contributed by atoms with E-state index in [-0.39, 0.29) is 23.4 Å². The number of nitrogen functional groups attached to an aromatic ring is 1. The third kappa shape index (κ3) is 2.80. The molecule has 0 aromatic carbocycles. The van der Waals surface area contributed by atoms with Crippen molar-refractivity contribution in [2.75, 3.05) is 30.3 Å². The number of hydrogen-bond acceptors (Lipinski definition) is 6. The first-order chi connectivity index (χ1) is 10.5. The van der Waals surface area contributed by atoms with Crippen LogP contribution < -0.4 is 20.7 Å². The minimum atomic E-state index is -0.281. The lowest BCUT2D eigenvalue weighted by atomic mass is 9.79. The molecule has 1 aromatic heterocycles. The lowest BCUT2D eigenvalue weighted by Crippen LogP contribution is -2.47. The predicted octanol–water partition coefficient (Wildman–Crippen LogP) is 0.952. The summed E-state index contributed by atoms with van der Waals surface area (Å²) in [4.78, 5) is 22.8. The van der Waals surface area contributed by atoms with Gasteiger partial charge in [0.25, 0.3) is 0 Å². The molecule has 0 bridgehead atoms. The molecule has 2 aliphatic heterocycles. The van der Waals surface area contributed by atoms with Gasteiger partial charge in [-0.3, -0.25) is 4.79 Å². The molecule has 1 spiro atoms. The lowest BCUT2D eigenvalue weighted by Gasteiger charge is -2.32. The summed E-state index contributed by atoms with van der Waals surface area (Å²) < 4.78 is 5.62. The Hall–Kier alpha value is -2.05. The first-order valence-electron chi connectivity index (χ1n) is 7.83. The van der Waals surface area contributed by atoms with Gasteiger partial charge in [0, 0.05) is 25.7 Å². The Labute approximate surface area is 130 Å². The Morgan fingerprint density at radius 1 is 1.41 bits per heavy atom. The summed E-state index contributed by atoms with van der Waals surface area (Å²) in [6.07, 6.45) is 2.85. The second-order valence-electron chi connectivity index (χ2n) is 6.40. The van der Waals surface area contributed by atoms with Crippen LogP contribution in [0.1, 0.15) is 33.1 Å². The number of nitrogens with zero attached hydrogens (tertiary/aromatic N) is 3. The van der Waals surface area contributed by atoms with Gasteiger partial charge >= 0.3 is 0 Å². The molecule has 22 heavy (non-hydrogen) atoms. The van der Waals surface area contributed by atoms with Crippen LogP contribution in [-0.4, -0.2) is 41.6 Å². The van der Waals surface area contributed by atoms with Crippen molar-refractivity contribution < 1.29 is 9.53 Å². The largest absolute Gasteiger partial charge is 0.475 e. The van der Waals surface area contributed by atoms with Crippen LogP contribution in [0.4, 0.5) is 11.8 Å². The summed E-state index contributed by atoms with van der Waals surface area (Å²) >= 11 is 0. The highest BCUT2D eigenvalue weighted by Gasteiger charge is 2.46. The van der Waals surface area contributed by atoms with E-state index in [4.69, 9.17) is 10.5 Å². The Balaban J connectivity index is 1.80. The molecule has 7 heteroatoms. The SMILES string of the molecule is CC(C)Oc1cc(N2CCC3(CCCNC3=O)C2)nc(N)n1. The average molecular weight is 305 g/mol. The van der Waals surface area contributed by atoms with Crippen molar-refractivity contribution in [3.05, 3.63) is 6.07 Å². The topological polar surface area (TPSA) is 93.4 Å². The monoisotopic (exact) mass is 305 g/mol. The van der Waals surface area contributed by atoms with Crippen LogP contribution in [0.3, 0.4) is 0 Å². The highest BCUT2D eigenvalue weighted by molar-refractivity contribution is 5.84. The van der Waals surface area contributed by atoms with Crippen LogP contribution in [0.5, 0.6) is 5.88 Å². The van der Waals surface area contributed by atoms with E-state index >= 15 is 0 Å². The van der Waals surface area contributed by atoms with Gasteiger partial charge in [-0.1, -0.05) is 0 Å². The molecule has 0 saturated carbocycles. The van der Waals surface area contributed by atoms with Crippen molar-refractivity contribution >= 4 is 17.7 Å². The average Bonchev–Trinajstić information content (AvgIpc) is 2.86. The number of nitrogens with one attached hydrogen (secondary N) is 1. The number of amides is 1. The van der Waals surface area contributed by atoms with Crippen LogP contribution in [0.15, 0.2) is 6.07 Å². The quantitative estimate of drug-likeness (QED) is 0.863. The lowest BCUT2D eigenvalue weighted by molar-refractivity contribution is -0.132. The second kappa shape index (κ2) is 5.62. The fourth-order valence-electron chi connectivity index (χ4n) is 3.28. The van der Waals surface area contributed by atoms with Crippen LogP contribution in [0.25, 0.3) is 0 Å². The van der Waals surface area contributed by atoms with Gasteiger partial charge in [0.2, 0.25) is 17.7 Å². The molecule has 1 unspecified atom stereocenters. The molecule has 2 fully saturated rings. The number of carbonyl (C=O) groups is 1. The molecular formula is C15H23N5O2. The highest BCUT2D eigenvalue weighted by atomic mass is 16.5. The van der Waals surface area contributed by atoms with Crippen LogP contribution >= 0.6 is 0 Å². The maximum atomic E-state index is 12.3. The van der Waals surface area contributed by atoms with Gasteiger partial charge < -0.3 is 20.7 Å². The van der Waals surface area contributed by atoms with Gasteiger partial charge in [-0.2, -0.15) is 9.97 Å². The molecule has 3 rings (SSSR count). The number of hydrogen-bond donors (Lipinski definition) is 2. The standard InChI is InChI=1S/C15H23N5O2/c1-10(2)22-12-8-11(18-14(16)19-12)20-7-5-15(9-20)4-3-6-17-13(15)21/h8,10H,3-7,9H2,1-2H3,(H,17,21)(H2,16,18,19). The first kappa shape index (κ1) is 14.9. The summed E-state index contributed by atoms with van der Waals surface area (Å²) in [6, 6.07) is 1.80. The van der Waals surface area contributed by atoms with Gasteiger partial charge in [0.15, 0.2) is 0 Å². The van der Waals surface area contributed by atoms with Crippen LogP contribution in [0.2, 0.25) is 0 Å². The van der Waals surface area contributed by atoms with Crippen molar-refractivity contribution in [1.29, 1.82) is 0 Å². The highest BCUT2D eigenvalue weighted by Crippen LogP contribution is 2.39. The predicted molar refractivity (Wildman–Crippen MR) is 83.7 cm³/mol. The molecule has 1 aromatic rings. The maximum Gasteiger partial charge on any atom is 0.228 e. The zero-order valence-electron chi connectivity index (χ0n) is 13.1. The summed E-state index contributed by atoms with van der Waals surface area (Å²) in [5.41, 5.74) is 5.51. The third-order valence-corrected chi connectivity index (χ3v) is 4.34. The number of aromatic nitrogens is 2. The fraction of sp³-hybridized carbons (Fsp3) is 0.667. The summed E-state index contributed by atoms with van der Waals surface area (Å²) in [5, 5.41) is 2.99. The van der Waals surface area contributed by atoms with E-state index in [0.717, 1.165) is 38.2 Å². The molecular weight excluding hydrogens is 282 g/mol. The zero-order valence-corrected chi connectivity index (χ0v) is 13.1.